The minimum atomic E-state index is -4.98. The smallest absolute Gasteiger partial charge is 0.323 e. The van der Waals surface area contributed by atoms with Crippen LogP contribution in [0.1, 0.15) is 47.0 Å². The van der Waals surface area contributed by atoms with Gasteiger partial charge in [-0.1, -0.05) is 27.7 Å². The third-order valence-electron chi connectivity index (χ3n) is 2.86. The van der Waals surface area contributed by atoms with E-state index < -0.39 is 33.7 Å². The van der Waals surface area contributed by atoms with E-state index in [1.54, 1.807) is 0 Å². The number of ether oxygens (including phenoxy) is 2. The van der Waals surface area contributed by atoms with Crippen LogP contribution in [0.2, 0.25) is 0 Å². The van der Waals surface area contributed by atoms with E-state index in [1.807, 2.05) is 27.7 Å². The third-order valence-corrected chi connectivity index (χ3v) is 3.92. The molecule has 0 aromatic heterocycles. The molecule has 130 valence electrons. The van der Waals surface area contributed by atoms with Crippen molar-refractivity contribution < 1.29 is 32.0 Å². The number of rotatable bonds is 10. The number of hydrogen-bond acceptors (Lipinski definition) is 7. The average molecular weight is 337 g/mol. The molecule has 0 amide bonds. The van der Waals surface area contributed by atoms with Crippen molar-refractivity contribution in [3.63, 3.8) is 0 Å². The molecule has 0 aromatic rings. The Morgan fingerprint density at radius 2 is 1.41 bits per heavy atom. The Morgan fingerprint density at radius 3 is 1.82 bits per heavy atom. The highest BCUT2D eigenvalue weighted by atomic mass is 32.2. The van der Waals surface area contributed by atoms with Gasteiger partial charge >= 0.3 is 11.9 Å². The van der Waals surface area contributed by atoms with Gasteiger partial charge in [0.05, 0.1) is 19.6 Å². The fourth-order valence-corrected chi connectivity index (χ4v) is 2.05. The summed E-state index contributed by atoms with van der Waals surface area (Å²) in [6, 6.07) is 0. The summed E-state index contributed by atoms with van der Waals surface area (Å²) in [5.41, 5.74) is 0. The van der Waals surface area contributed by atoms with Crippen LogP contribution >= 0.6 is 0 Å². The Kier molecular flexibility index (Phi) is 9.27. The lowest BCUT2D eigenvalue weighted by molar-refractivity contribution is -0.150. The first-order valence-corrected chi connectivity index (χ1v) is 8.78. The van der Waals surface area contributed by atoms with Crippen molar-refractivity contribution >= 4 is 22.1 Å². The van der Waals surface area contributed by atoms with Crippen LogP contribution in [-0.2, 0) is 29.2 Å². The average Bonchev–Trinajstić information content (AvgIpc) is 2.33. The molecule has 0 aliphatic heterocycles. The molecule has 1 unspecified atom stereocenters. The second kappa shape index (κ2) is 9.78. The molecule has 22 heavy (non-hydrogen) atoms. The second-order valence-corrected chi connectivity index (χ2v) is 7.49. The van der Waals surface area contributed by atoms with Gasteiger partial charge in [-0.2, -0.15) is 0 Å². The van der Waals surface area contributed by atoms with Gasteiger partial charge in [0.15, 0.2) is 5.25 Å². The molecule has 0 saturated heterocycles. The van der Waals surface area contributed by atoms with Crippen LogP contribution in [0.5, 0.6) is 0 Å². The monoisotopic (exact) mass is 337 g/mol. The van der Waals surface area contributed by atoms with Crippen LogP contribution in [0.4, 0.5) is 0 Å². The van der Waals surface area contributed by atoms with Crippen LogP contribution in [0.15, 0.2) is 0 Å². The zero-order chi connectivity index (χ0) is 17.3. The summed E-state index contributed by atoms with van der Waals surface area (Å²) in [5, 5.41) is -2.05. The molecular weight excluding hydrogens is 312 g/mol. The molecule has 0 fully saturated rings. The van der Waals surface area contributed by atoms with Gasteiger partial charge in [-0.05, 0) is 24.7 Å². The predicted octanol–water partition coefficient (Wildman–Crippen LogP) is 1.47. The highest BCUT2D eigenvalue weighted by Crippen LogP contribution is 2.10. The fourth-order valence-electron chi connectivity index (χ4n) is 1.41. The summed E-state index contributed by atoms with van der Waals surface area (Å²) in [6.45, 7) is 7.80. The zero-order valence-electron chi connectivity index (χ0n) is 13.5. The first-order chi connectivity index (χ1) is 10.0. The minimum Gasteiger partial charge on any atom is -0.747 e. The maximum Gasteiger partial charge on any atom is 0.323 e. The van der Waals surface area contributed by atoms with Crippen LogP contribution < -0.4 is 0 Å². The maximum atomic E-state index is 11.7. The van der Waals surface area contributed by atoms with Gasteiger partial charge in [-0.15, -0.1) is 0 Å². The zero-order valence-corrected chi connectivity index (χ0v) is 14.4. The largest absolute Gasteiger partial charge is 0.747 e. The van der Waals surface area contributed by atoms with Crippen molar-refractivity contribution in [2.75, 3.05) is 13.2 Å². The molecule has 0 bridgehead atoms. The van der Waals surface area contributed by atoms with E-state index in [-0.39, 0.29) is 19.1 Å². The summed E-state index contributed by atoms with van der Waals surface area (Å²) < 4.78 is 43.0. The first-order valence-electron chi connectivity index (χ1n) is 7.31. The quantitative estimate of drug-likeness (QED) is 0.438. The van der Waals surface area contributed by atoms with Gasteiger partial charge in [0.1, 0.15) is 10.1 Å². The molecule has 0 aliphatic rings. The highest BCUT2D eigenvalue weighted by molar-refractivity contribution is 7.87. The molecule has 0 aromatic carbocycles. The normalized spacial score (nSPS) is 13.2. The Bertz CT molecular complexity index is 454. The molecule has 0 rings (SSSR count). The number of esters is 2. The van der Waals surface area contributed by atoms with Crippen LogP contribution in [0, 0.1) is 11.8 Å². The van der Waals surface area contributed by atoms with E-state index >= 15 is 0 Å². The number of carbonyl (C=O) groups excluding carboxylic acids is 2. The van der Waals surface area contributed by atoms with E-state index in [0.29, 0.717) is 18.8 Å². The van der Waals surface area contributed by atoms with E-state index in [1.165, 1.54) is 0 Å². The topological polar surface area (TPSA) is 110 Å². The lowest BCUT2D eigenvalue weighted by Gasteiger charge is -2.19. The van der Waals surface area contributed by atoms with Gasteiger partial charge < -0.3 is 14.0 Å². The molecule has 0 saturated carbocycles. The summed E-state index contributed by atoms with van der Waals surface area (Å²) in [4.78, 5) is 23.2. The molecule has 0 radical (unpaired) electrons. The molecule has 0 spiro atoms. The Morgan fingerprint density at radius 1 is 0.955 bits per heavy atom. The fraction of sp³-hybridized carbons (Fsp3) is 0.857. The minimum absolute atomic E-state index is 0.00488. The number of carbonyl (C=O) groups is 2. The Balaban J connectivity index is 4.53. The van der Waals surface area contributed by atoms with Crippen molar-refractivity contribution in [1.82, 2.24) is 0 Å². The van der Waals surface area contributed by atoms with Crippen LogP contribution in [-0.4, -0.2) is 43.4 Å². The Labute approximate surface area is 132 Å². The van der Waals surface area contributed by atoms with Crippen molar-refractivity contribution in [3.8, 4) is 0 Å². The standard InChI is InChI=1S/C14H26O7S/c1-10(2)5-7-20-13(15)9-12(22(17,18)19)14(16)21-8-6-11(3)4/h10-12H,5-9H2,1-4H3,(H,17,18,19)/p-1. The number of hydrogen-bond donors (Lipinski definition) is 0. The molecular formula is C14H25O7S-. The van der Waals surface area contributed by atoms with Gasteiger partial charge in [0.2, 0.25) is 0 Å². The molecule has 1 atom stereocenters. The molecule has 7 nitrogen and oxygen atoms in total. The highest BCUT2D eigenvalue weighted by Gasteiger charge is 2.30. The van der Waals surface area contributed by atoms with Crippen molar-refractivity contribution in [1.29, 1.82) is 0 Å². The van der Waals surface area contributed by atoms with Gasteiger partial charge in [-0.25, -0.2) is 8.42 Å². The van der Waals surface area contributed by atoms with Crippen molar-refractivity contribution in [2.24, 2.45) is 11.8 Å². The van der Waals surface area contributed by atoms with Gasteiger partial charge in [0.25, 0.3) is 0 Å². The predicted molar refractivity (Wildman–Crippen MR) is 78.9 cm³/mol. The van der Waals surface area contributed by atoms with E-state index in [4.69, 9.17) is 9.47 Å². The van der Waals surface area contributed by atoms with E-state index in [0.717, 1.165) is 0 Å². The molecule has 8 heteroatoms. The Hall–Kier alpha value is -1.15. The molecule has 0 heterocycles. The van der Waals surface area contributed by atoms with Gasteiger partial charge in [0, 0.05) is 0 Å². The summed E-state index contributed by atoms with van der Waals surface area (Å²) in [5.74, 6) is -1.52. The SMILES string of the molecule is CC(C)CCOC(=O)CC(C(=O)OCCC(C)C)S(=O)(=O)[O-]. The van der Waals surface area contributed by atoms with Gasteiger partial charge in [-0.3, -0.25) is 9.59 Å². The van der Waals surface area contributed by atoms with E-state index in [9.17, 15) is 22.6 Å². The lowest BCUT2D eigenvalue weighted by Crippen LogP contribution is -2.35. The second-order valence-electron chi connectivity index (χ2n) is 5.94. The summed E-state index contributed by atoms with van der Waals surface area (Å²) >= 11 is 0. The van der Waals surface area contributed by atoms with Crippen LogP contribution in [0.3, 0.4) is 0 Å². The van der Waals surface area contributed by atoms with Crippen LogP contribution in [0.25, 0.3) is 0 Å². The van der Waals surface area contributed by atoms with E-state index in [2.05, 4.69) is 0 Å². The molecule has 0 aliphatic carbocycles. The summed E-state index contributed by atoms with van der Waals surface area (Å²) in [6.07, 6.45) is 0.333. The van der Waals surface area contributed by atoms with Crippen molar-refractivity contribution in [3.05, 3.63) is 0 Å². The maximum absolute atomic E-state index is 11.7. The molecule has 0 N–H and O–H groups in total. The summed E-state index contributed by atoms with van der Waals surface area (Å²) in [7, 11) is -4.98. The third kappa shape index (κ3) is 9.73. The van der Waals surface area contributed by atoms with Crippen molar-refractivity contribution in [2.45, 2.75) is 52.2 Å². The first kappa shape index (κ1) is 20.9. The lowest BCUT2D eigenvalue weighted by atomic mass is 10.1.